The Morgan fingerprint density at radius 3 is 2.42 bits per heavy atom. The Morgan fingerprint density at radius 1 is 1.12 bits per heavy atom. The molecule has 0 saturated carbocycles. The number of hydrogen-bond donors (Lipinski definition) is 2. The normalized spacial score (nSPS) is 10.5. The molecule has 1 amide bonds. The molecule has 0 bridgehead atoms. The maximum Gasteiger partial charge on any atom is 0.325 e. The molecule has 0 aliphatic heterocycles. The van der Waals surface area contributed by atoms with Crippen molar-refractivity contribution in [2.75, 3.05) is 21.3 Å². The van der Waals surface area contributed by atoms with E-state index in [9.17, 15) is 14.4 Å². The summed E-state index contributed by atoms with van der Waals surface area (Å²) in [6.07, 6.45) is 0.423. The number of methoxy groups -OCH3 is 2. The third-order valence-electron chi connectivity index (χ3n) is 4.14. The van der Waals surface area contributed by atoms with Crippen LogP contribution in [0.1, 0.15) is 23.2 Å². The summed E-state index contributed by atoms with van der Waals surface area (Å²) in [7, 11) is 4.82. The van der Waals surface area contributed by atoms with Gasteiger partial charge < -0.3 is 19.4 Å². The molecule has 26 heavy (non-hydrogen) atoms. The predicted octanol–water partition coefficient (Wildman–Crippen LogP) is 0.980. The van der Waals surface area contributed by atoms with Crippen molar-refractivity contribution in [1.29, 1.82) is 0 Å². The number of ether oxygens (including phenoxy) is 2. The van der Waals surface area contributed by atoms with Crippen molar-refractivity contribution >= 4 is 5.91 Å². The van der Waals surface area contributed by atoms with Crippen LogP contribution in [-0.2, 0) is 17.8 Å². The quantitative estimate of drug-likeness (QED) is 0.765. The minimum atomic E-state index is -0.548. The molecule has 0 atom stereocenters. The monoisotopic (exact) mass is 361 g/mol. The van der Waals surface area contributed by atoms with Crippen molar-refractivity contribution in [3.8, 4) is 11.5 Å². The van der Waals surface area contributed by atoms with Crippen molar-refractivity contribution in [3.05, 3.63) is 55.9 Å². The second-order valence-electron chi connectivity index (χ2n) is 5.95. The standard InChI is InChI=1S/C18H23N3O5/c1-11-13(17(23)20-18(24)19-11)6-8-16(22)21(2)10-12-5-7-14(25-3)15(9-12)26-4/h5,7,9H,6,8,10H2,1-4H3,(H2,19,20,23,24). The van der Waals surface area contributed by atoms with Crippen molar-refractivity contribution in [2.24, 2.45) is 0 Å². The molecule has 1 heterocycles. The molecule has 0 aliphatic carbocycles. The number of carbonyl (C=O) groups is 1. The maximum atomic E-state index is 12.4. The predicted molar refractivity (Wildman–Crippen MR) is 96.8 cm³/mol. The molecule has 0 spiro atoms. The summed E-state index contributed by atoms with van der Waals surface area (Å²) in [6.45, 7) is 2.05. The van der Waals surface area contributed by atoms with Gasteiger partial charge in [-0.3, -0.25) is 14.6 Å². The number of aryl methyl sites for hydroxylation is 1. The summed E-state index contributed by atoms with van der Waals surface area (Å²) in [5.41, 5.74) is 0.790. The fourth-order valence-electron chi connectivity index (χ4n) is 2.69. The zero-order chi connectivity index (χ0) is 19.3. The lowest BCUT2D eigenvalue weighted by Gasteiger charge is -2.18. The molecule has 0 aliphatic rings. The Bertz CT molecular complexity index is 900. The van der Waals surface area contributed by atoms with Crippen molar-refractivity contribution < 1.29 is 14.3 Å². The third-order valence-corrected chi connectivity index (χ3v) is 4.14. The van der Waals surface area contributed by atoms with Crippen LogP contribution in [0.3, 0.4) is 0 Å². The lowest BCUT2D eigenvalue weighted by molar-refractivity contribution is -0.130. The van der Waals surface area contributed by atoms with Crippen LogP contribution in [0.5, 0.6) is 11.5 Å². The molecule has 8 nitrogen and oxygen atoms in total. The van der Waals surface area contributed by atoms with E-state index in [1.807, 2.05) is 12.1 Å². The second-order valence-corrected chi connectivity index (χ2v) is 5.95. The molecule has 2 N–H and O–H groups in total. The molecule has 8 heteroatoms. The highest BCUT2D eigenvalue weighted by Crippen LogP contribution is 2.27. The van der Waals surface area contributed by atoms with Gasteiger partial charge in [-0.2, -0.15) is 0 Å². The van der Waals surface area contributed by atoms with Crippen molar-refractivity contribution in [1.82, 2.24) is 14.9 Å². The van der Waals surface area contributed by atoms with Gasteiger partial charge in [0, 0.05) is 31.3 Å². The van der Waals surface area contributed by atoms with Gasteiger partial charge in [0.15, 0.2) is 11.5 Å². The van der Waals surface area contributed by atoms with Crippen LogP contribution in [0.4, 0.5) is 0 Å². The van der Waals surface area contributed by atoms with Crippen LogP contribution >= 0.6 is 0 Å². The van der Waals surface area contributed by atoms with E-state index >= 15 is 0 Å². The number of aromatic amines is 2. The van der Waals surface area contributed by atoms with Crippen LogP contribution in [-0.4, -0.2) is 42.0 Å². The molecule has 0 saturated heterocycles. The summed E-state index contributed by atoms with van der Waals surface area (Å²) >= 11 is 0. The van der Waals surface area contributed by atoms with E-state index in [2.05, 4.69) is 9.97 Å². The number of rotatable bonds is 7. The first-order valence-electron chi connectivity index (χ1n) is 8.12. The van der Waals surface area contributed by atoms with E-state index in [0.717, 1.165) is 5.56 Å². The van der Waals surface area contributed by atoms with E-state index in [4.69, 9.17) is 9.47 Å². The van der Waals surface area contributed by atoms with Gasteiger partial charge >= 0.3 is 5.69 Å². The summed E-state index contributed by atoms with van der Waals surface area (Å²) in [5, 5.41) is 0. The number of aromatic nitrogens is 2. The van der Waals surface area contributed by atoms with Gasteiger partial charge in [0.1, 0.15) is 0 Å². The molecule has 0 radical (unpaired) electrons. The van der Waals surface area contributed by atoms with Crippen molar-refractivity contribution in [2.45, 2.75) is 26.3 Å². The van der Waals surface area contributed by atoms with E-state index in [-0.39, 0.29) is 18.7 Å². The molecule has 2 aromatic rings. The number of hydrogen-bond acceptors (Lipinski definition) is 5. The molecular formula is C18H23N3O5. The highest BCUT2D eigenvalue weighted by Gasteiger charge is 2.14. The summed E-state index contributed by atoms with van der Waals surface area (Å²) in [6, 6.07) is 5.47. The summed E-state index contributed by atoms with van der Waals surface area (Å²) in [5.74, 6) is 1.11. The zero-order valence-electron chi connectivity index (χ0n) is 15.3. The number of H-pyrrole nitrogens is 2. The van der Waals surface area contributed by atoms with Gasteiger partial charge in [-0.05, 0) is 31.0 Å². The Kier molecular flexibility index (Phi) is 6.21. The van der Waals surface area contributed by atoms with Crippen LogP contribution < -0.4 is 20.7 Å². The van der Waals surface area contributed by atoms with Gasteiger partial charge in [0.05, 0.1) is 14.2 Å². The Morgan fingerprint density at radius 2 is 1.81 bits per heavy atom. The van der Waals surface area contributed by atoms with Gasteiger partial charge in [0.2, 0.25) is 5.91 Å². The molecule has 1 aromatic heterocycles. The van der Waals surface area contributed by atoms with Crippen LogP contribution in [0.25, 0.3) is 0 Å². The van der Waals surface area contributed by atoms with E-state index in [1.54, 1.807) is 39.2 Å². The number of amides is 1. The first kappa shape index (κ1) is 19.3. The Balaban J connectivity index is 2.02. The number of nitrogens with one attached hydrogen (secondary N) is 2. The Hall–Kier alpha value is -3.03. The first-order valence-corrected chi connectivity index (χ1v) is 8.12. The van der Waals surface area contributed by atoms with E-state index in [0.29, 0.717) is 29.3 Å². The van der Waals surface area contributed by atoms with Crippen molar-refractivity contribution in [3.63, 3.8) is 0 Å². The van der Waals surface area contributed by atoms with Gasteiger partial charge in [-0.25, -0.2) is 4.79 Å². The minimum absolute atomic E-state index is 0.107. The number of nitrogens with zero attached hydrogens (tertiary/aromatic N) is 1. The van der Waals surface area contributed by atoms with Crippen LogP contribution in [0.15, 0.2) is 27.8 Å². The molecule has 2 rings (SSSR count). The fraction of sp³-hybridized carbons (Fsp3) is 0.389. The minimum Gasteiger partial charge on any atom is -0.493 e. The van der Waals surface area contributed by atoms with E-state index in [1.165, 1.54) is 0 Å². The second kappa shape index (κ2) is 8.37. The van der Waals surface area contributed by atoms with Crippen LogP contribution in [0.2, 0.25) is 0 Å². The lowest BCUT2D eigenvalue weighted by Crippen LogP contribution is -2.30. The number of benzene rings is 1. The summed E-state index contributed by atoms with van der Waals surface area (Å²) < 4.78 is 10.5. The first-order chi connectivity index (χ1) is 12.3. The van der Waals surface area contributed by atoms with Gasteiger partial charge in [-0.15, -0.1) is 0 Å². The van der Waals surface area contributed by atoms with Crippen LogP contribution in [0, 0.1) is 6.92 Å². The maximum absolute atomic E-state index is 12.4. The highest BCUT2D eigenvalue weighted by atomic mass is 16.5. The van der Waals surface area contributed by atoms with E-state index < -0.39 is 11.2 Å². The molecule has 0 unspecified atom stereocenters. The molecule has 0 fully saturated rings. The summed E-state index contributed by atoms with van der Waals surface area (Å²) in [4.78, 5) is 41.7. The molecular weight excluding hydrogens is 338 g/mol. The Labute approximate surface area is 150 Å². The number of carbonyl (C=O) groups excluding carboxylic acids is 1. The molecule has 140 valence electrons. The average Bonchev–Trinajstić information content (AvgIpc) is 2.60. The topological polar surface area (TPSA) is 104 Å². The highest BCUT2D eigenvalue weighted by molar-refractivity contribution is 5.76. The third kappa shape index (κ3) is 4.53. The molecule has 1 aromatic carbocycles. The van der Waals surface area contributed by atoms with Gasteiger partial charge in [-0.1, -0.05) is 6.07 Å². The smallest absolute Gasteiger partial charge is 0.325 e. The fourth-order valence-corrected chi connectivity index (χ4v) is 2.69. The zero-order valence-corrected chi connectivity index (χ0v) is 15.3. The largest absolute Gasteiger partial charge is 0.493 e. The van der Waals surface area contributed by atoms with Gasteiger partial charge in [0.25, 0.3) is 5.56 Å². The SMILES string of the molecule is COc1ccc(CN(C)C(=O)CCc2c(C)[nH]c(=O)[nH]c2=O)cc1OC. The lowest BCUT2D eigenvalue weighted by atomic mass is 10.1. The average molecular weight is 361 g/mol.